The second-order valence-corrected chi connectivity index (χ2v) is 24.7. The largest absolute Gasteiger partial charge is 0.394 e. The van der Waals surface area contributed by atoms with Crippen LogP contribution in [0, 0.1) is 0 Å². The van der Waals surface area contributed by atoms with Gasteiger partial charge < -0.3 is 40.3 Å². The number of amides is 1. The number of carbonyl (C=O) groups is 1. The van der Waals surface area contributed by atoms with Crippen molar-refractivity contribution in [3.63, 3.8) is 0 Å². The lowest BCUT2D eigenvalue weighted by Crippen LogP contribution is -2.60. The van der Waals surface area contributed by atoms with Gasteiger partial charge in [-0.15, -0.1) is 0 Å². The molecular formula is C71H135NO8. The topological polar surface area (TPSA) is 149 Å². The van der Waals surface area contributed by atoms with Crippen molar-refractivity contribution in [2.45, 2.75) is 397 Å². The third kappa shape index (κ3) is 48.7. The van der Waals surface area contributed by atoms with Gasteiger partial charge in [-0.2, -0.15) is 0 Å². The van der Waals surface area contributed by atoms with Crippen LogP contribution in [0.2, 0.25) is 0 Å². The quantitative estimate of drug-likeness (QED) is 0.0261. The molecule has 1 saturated heterocycles. The van der Waals surface area contributed by atoms with Gasteiger partial charge in [0.1, 0.15) is 24.4 Å². The summed E-state index contributed by atoms with van der Waals surface area (Å²) in [5.41, 5.74) is 0. The second kappa shape index (κ2) is 60.5. The number of aliphatic hydroxyl groups excluding tert-OH is 5. The van der Waals surface area contributed by atoms with Gasteiger partial charge in [-0.3, -0.25) is 4.79 Å². The van der Waals surface area contributed by atoms with Crippen molar-refractivity contribution in [1.82, 2.24) is 5.32 Å². The summed E-state index contributed by atoms with van der Waals surface area (Å²) < 4.78 is 11.3. The van der Waals surface area contributed by atoms with Crippen LogP contribution in [0.15, 0.2) is 36.5 Å². The molecule has 0 bridgehead atoms. The molecular weight excluding hydrogens is 995 g/mol. The average molecular weight is 1130 g/mol. The normalized spacial score (nSPS) is 18.6. The summed E-state index contributed by atoms with van der Waals surface area (Å²) in [6, 6.07) is -0.821. The molecule has 1 heterocycles. The maximum Gasteiger partial charge on any atom is 0.220 e. The zero-order chi connectivity index (χ0) is 57.9. The Hall–Kier alpha value is -1.59. The van der Waals surface area contributed by atoms with E-state index >= 15 is 0 Å². The van der Waals surface area contributed by atoms with E-state index in [9.17, 15) is 30.3 Å². The minimum Gasteiger partial charge on any atom is -0.394 e. The Balaban J connectivity index is 2.06. The summed E-state index contributed by atoms with van der Waals surface area (Å²) in [4.78, 5) is 13.1. The van der Waals surface area contributed by atoms with Crippen LogP contribution in [-0.2, 0) is 14.3 Å². The zero-order valence-electron chi connectivity index (χ0n) is 52.9. The molecule has 0 radical (unpaired) electrons. The molecule has 1 aliphatic heterocycles. The molecule has 472 valence electrons. The molecule has 6 N–H and O–H groups in total. The van der Waals surface area contributed by atoms with Crippen LogP contribution < -0.4 is 5.32 Å². The van der Waals surface area contributed by atoms with Gasteiger partial charge in [0.05, 0.1) is 25.4 Å². The van der Waals surface area contributed by atoms with Crippen molar-refractivity contribution < 1.29 is 39.8 Å². The fourth-order valence-corrected chi connectivity index (χ4v) is 11.4. The van der Waals surface area contributed by atoms with Gasteiger partial charge >= 0.3 is 0 Å². The molecule has 7 atom stereocenters. The van der Waals surface area contributed by atoms with Crippen molar-refractivity contribution >= 4 is 5.91 Å². The van der Waals surface area contributed by atoms with Gasteiger partial charge in [-0.05, 0) is 57.8 Å². The number of hydrogen-bond acceptors (Lipinski definition) is 8. The van der Waals surface area contributed by atoms with Crippen LogP contribution in [0.25, 0.3) is 0 Å². The van der Waals surface area contributed by atoms with Crippen LogP contribution in [0.3, 0.4) is 0 Å². The number of ether oxygens (including phenoxy) is 2. The Labute approximate surface area is 495 Å². The summed E-state index contributed by atoms with van der Waals surface area (Å²) in [6.45, 7) is 3.81. The molecule has 1 aliphatic rings. The van der Waals surface area contributed by atoms with Gasteiger partial charge in [0.15, 0.2) is 6.29 Å². The fourth-order valence-electron chi connectivity index (χ4n) is 11.4. The van der Waals surface area contributed by atoms with E-state index in [0.29, 0.717) is 6.42 Å². The highest BCUT2D eigenvalue weighted by atomic mass is 16.7. The van der Waals surface area contributed by atoms with Gasteiger partial charge in [0.2, 0.25) is 5.91 Å². The summed E-state index contributed by atoms with van der Waals surface area (Å²) in [5.74, 6) is -0.181. The molecule has 80 heavy (non-hydrogen) atoms. The number of carbonyl (C=O) groups excluding carboxylic acids is 1. The van der Waals surface area contributed by atoms with Gasteiger partial charge in [0, 0.05) is 6.42 Å². The van der Waals surface area contributed by atoms with Gasteiger partial charge in [0.25, 0.3) is 0 Å². The van der Waals surface area contributed by atoms with Crippen molar-refractivity contribution in [1.29, 1.82) is 0 Å². The smallest absolute Gasteiger partial charge is 0.220 e. The molecule has 0 aliphatic carbocycles. The third-order valence-corrected chi connectivity index (χ3v) is 16.9. The van der Waals surface area contributed by atoms with Crippen LogP contribution >= 0.6 is 0 Å². The fraction of sp³-hybridized carbons (Fsp3) is 0.901. The molecule has 1 rings (SSSR count). The van der Waals surface area contributed by atoms with Crippen LogP contribution in [-0.4, -0.2) is 87.5 Å². The lowest BCUT2D eigenvalue weighted by molar-refractivity contribution is -0.302. The first-order valence-electron chi connectivity index (χ1n) is 35.2. The monoisotopic (exact) mass is 1130 g/mol. The molecule has 1 fully saturated rings. The highest BCUT2D eigenvalue weighted by molar-refractivity contribution is 5.76. The van der Waals surface area contributed by atoms with Crippen molar-refractivity contribution in [3.05, 3.63) is 36.5 Å². The highest BCUT2D eigenvalue weighted by Crippen LogP contribution is 2.23. The Morgan fingerprint density at radius 3 is 1.05 bits per heavy atom. The summed E-state index contributed by atoms with van der Waals surface area (Å²) in [5, 5.41) is 54.6. The minimum absolute atomic E-state index is 0.181. The molecule has 0 aromatic carbocycles. The van der Waals surface area contributed by atoms with Crippen LogP contribution in [0.4, 0.5) is 0 Å². The Bertz CT molecular complexity index is 1360. The number of unbranched alkanes of at least 4 members (excludes halogenated alkanes) is 48. The summed E-state index contributed by atoms with van der Waals surface area (Å²) in [7, 11) is 0. The Morgan fingerprint density at radius 1 is 0.412 bits per heavy atom. The highest BCUT2D eigenvalue weighted by Gasteiger charge is 2.44. The lowest BCUT2D eigenvalue weighted by Gasteiger charge is -2.40. The van der Waals surface area contributed by atoms with Gasteiger partial charge in [-0.1, -0.05) is 326 Å². The number of hydrogen-bond donors (Lipinski definition) is 6. The first-order chi connectivity index (χ1) is 39.3. The van der Waals surface area contributed by atoms with E-state index in [2.05, 4.69) is 43.5 Å². The standard InChI is InChI=1S/C71H135NO8/c1-3-5-7-9-11-13-15-17-19-21-23-24-25-26-27-28-29-30-31-32-33-34-35-36-37-38-39-40-41-42-43-45-47-49-51-53-55-57-59-61-67(75)72-64(63-79-71-70(78)69(77)68(76)66(62-73)80-71)65(74)60-58-56-54-52-50-48-46-44-22-20-18-16-14-12-10-8-6-4-2/h32-33,50,52,58,60,64-66,68-71,73-74,76-78H,3-31,34-49,51,53-57,59,61-63H2,1-2H3,(H,72,75)/b33-32-,52-50+,60-58+. The predicted octanol–water partition coefficient (Wildman–Crippen LogP) is 19.0. The molecule has 9 nitrogen and oxygen atoms in total. The lowest BCUT2D eigenvalue weighted by atomic mass is 9.99. The molecule has 0 aromatic heterocycles. The first kappa shape index (κ1) is 76.4. The number of allylic oxidation sites excluding steroid dienone is 5. The van der Waals surface area contributed by atoms with Crippen molar-refractivity contribution in [2.75, 3.05) is 13.2 Å². The number of rotatable bonds is 62. The average Bonchev–Trinajstić information content (AvgIpc) is 3.46. The zero-order valence-corrected chi connectivity index (χ0v) is 52.9. The SMILES string of the molecule is CCCCCCCCCCCCCC/C=C/CC/C=C/C(O)C(COC1OC(CO)C(O)C(O)C1O)NC(=O)CCCCCCCCCCCCCCCCCCC/C=C\CCCCCCCCCCCCCCCCCCCC. The van der Waals surface area contributed by atoms with Gasteiger partial charge in [-0.25, -0.2) is 0 Å². The summed E-state index contributed by atoms with van der Waals surface area (Å²) >= 11 is 0. The summed E-state index contributed by atoms with van der Waals surface area (Å²) in [6.07, 6.45) is 74.2. The minimum atomic E-state index is -1.57. The molecule has 9 heteroatoms. The number of nitrogens with one attached hydrogen (secondary N) is 1. The van der Waals surface area contributed by atoms with Crippen LogP contribution in [0.5, 0.6) is 0 Å². The molecule has 0 spiro atoms. The predicted molar refractivity (Wildman–Crippen MR) is 341 cm³/mol. The van der Waals surface area contributed by atoms with Crippen molar-refractivity contribution in [2.24, 2.45) is 0 Å². The third-order valence-electron chi connectivity index (χ3n) is 16.9. The van der Waals surface area contributed by atoms with E-state index in [1.807, 2.05) is 6.08 Å². The first-order valence-corrected chi connectivity index (χ1v) is 35.2. The molecule has 0 saturated carbocycles. The second-order valence-electron chi connectivity index (χ2n) is 24.7. The Morgan fingerprint density at radius 2 is 0.713 bits per heavy atom. The van der Waals surface area contributed by atoms with E-state index in [4.69, 9.17) is 9.47 Å². The maximum absolute atomic E-state index is 13.1. The van der Waals surface area contributed by atoms with Crippen LogP contribution in [0.1, 0.15) is 354 Å². The Kier molecular flexibility index (Phi) is 57.8. The molecule has 7 unspecified atom stereocenters. The van der Waals surface area contributed by atoms with E-state index in [1.54, 1.807) is 6.08 Å². The van der Waals surface area contributed by atoms with E-state index < -0.39 is 49.5 Å². The van der Waals surface area contributed by atoms with E-state index in [-0.39, 0.29) is 12.5 Å². The molecule has 0 aromatic rings. The maximum atomic E-state index is 13.1. The van der Waals surface area contributed by atoms with Crippen molar-refractivity contribution in [3.8, 4) is 0 Å². The van der Waals surface area contributed by atoms with E-state index in [1.165, 1.54) is 295 Å². The molecule has 1 amide bonds. The number of aliphatic hydroxyl groups is 5. The van der Waals surface area contributed by atoms with E-state index in [0.717, 1.165) is 38.5 Å².